The number of hydrogen-bond acceptors (Lipinski definition) is 4. The number of rotatable bonds is 4. The second-order valence-electron chi connectivity index (χ2n) is 1.09. The van der Waals surface area contributed by atoms with Gasteiger partial charge in [0.15, 0.2) is 6.79 Å². The van der Waals surface area contributed by atoms with Crippen molar-refractivity contribution in [2.24, 2.45) is 0 Å². The summed E-state index contributed by atoms with van der Waals surface area (Å²) < 4.78 is 55.7. The zero-order valence-electron chi connectivity index (χ0n) is 4.53. The van der Waals surface area contributed by atoms with Gasteiger partial charge >= 0.3 is 17.0 Å². The first-order valence-electron chi connectivity index (χ1n) is 1.93. The minimum atomic E-state index is -4.68. The summed E-state index contributed by atoms with van der Waals surface area (Å²) in [7, 11) is -4.68. The molecule has 0 amide bonds. The van der Waals surface area contributed by atoms with E-state index in [2.05, 4.69) is 8.92 Å². The molecule has 0 heterocycles. The van der Waals surface area contributed by atoms with Gasteiger partial charge in [-0.05, 0) is 0 Å². The molecule has 10 heavy (non-hydrogen) atoms. The highest BCUT2D eigenvalue weighted by Gasteiger charge is 2.06. The lowest BCUT2D eigenvalue weighted by atomic mass is 11.3. The van der Waals surface area contributed by atoms with Gasteiger partial charge in [-0.2, -0.15) is 17.2 Å². The molecular weight excluding hydrogens is 174 g/mol. The van der Waals surface area contributed by atoms with E-state index in [1.54, 1.807) is 0 Å². The molecule has 0 aromatic heterocycles. The Hall–Kier alpha value is -0.310. The third-order valence-electron chi connectivity index (χ3n) is 0.391. The van der Waals surface area contributed by atoms with Crippen molar-refractivity contribution in [3.63, 3.8) is 0 Å². The molecular formula is C2H4F2O5S. The predicted molar refractivity (Wildman–Crippen MR) is 24.6 cm³/mol. The predicted octanol–water partition coefficient (Wildman–Crippen LogP) is 0.00250. The van der Waals surface area contributed by atoms with E-state index in [1.807, 2.05) is 0 Å². The van der Waals surface area contributed by atoms with Crippen molar-refractivity contribution in [1.82, 2.24) is 0 Å². The molecule has 8 heteroatoms. The van der Waals surface area contributed by atoms with Crippen LogP contribution in [0.4, 0.5) is 8.78 Å². The molecule has 0 aliphatic heterocycles. The van der Waals surface area contributed by atoms with Gasteiger partial charge in [-0.1, -0.05) is 0 Å². The second-order valence-corrected chi connectivity index (χ2v) is 2.18. The van der Waals surface area contributed by atoms with Gasteiger partial charge in [0, 0.05) is 0 Å². The summed E-state index contributed by atoms with van der Waals surface area (Å²) in [5.41, 5.74) is 0. The summed E-state index contributed by atoms with van der Waals surface area (Å²) in [6, 6.07) is 0. The van der Waals surface area contributed by atoms with E-state index in [0.717, 1.165) is 0 Å². The largest absolute Gasteiger partial charge is 0.399 e. The number of halogens is 2. The summed E-state index contributed by atoms with van der Waals surface area (Å²) in [6.45, 7) is -4.32. The molecule has 0 aromatic carbocycles. The topological polar surface area (TPSA) is 72.8 Å². The van der Waals surface area contributed by atoms with Crippen LogP contribution in [0.5, 0.6) is 0 Å². The molecule has 0 aliphatic rings. The van der Waals surface area contributed by atoms with Crippen LogP contribution >= 0.6 is 0 Å². The van der Waals surface area contributed by atoms with Crippen molar-refractivity contribution in [2.75, 3.05) is 6.79 Å². The minimum Gasteiger partial charge on any atom is -0.295 e. The quantitative estimate of drug-likeness (QED) is 0.484. The third-order valence-corrected chi connectivity index (χ3v) is 0.785. The van der Waals surface area contributed by atoms with Crippen LogP contribution < -0.4 is 0 Å². The average molecular weight is 178 g/mol. The fourth-order valence-electron chi connectivity index (χ4n) is 0.140. The van der Waals surface area contributed by atoms with Gasteiger partial charge in [0.05, 0.1) is 0 Å². The van der Waals surface area contributed by atoms with E-state index in [0.29, 0.717) is 0 Å². The maximum absolute atomic E-state index is 11.0. The van der Waals surface area contributed by atoms with Crippen molar-refractivity contribution < 1.29 is 30.7 Å². The summed E-state index contributed by atoms with van der Waals surface area (Å²) in [6.07, 6.45) is 0. The molecule has 0 rings (SSSR count). The highest BCUT2D eigenvalue weighted by molar-refractivity contribution is 7.80. The molecule has 0 aromatic rings. The Balaban J connectivity index is 3.39. The number of ether oxygens (including phenoxy) is 1. The Morgan fingerprint density at radius 3 is 2.30 bits per heavy atom. The monoisotopic (exact) mass is 178 g/mol. The van der Waals surface area contributed by atoms with Gasteiger partial charge < -0.3 is 0 Å². The normalized spacial score (nSPS) is 12.4. The molecule has 1 N–H and O–H groups in total. The van der Waals surface area contributed by atoms with Crippen molar-refractivity contribution >= 4 is 10.4 Å². The summed E-state index contributed by atoms with van der Waals surface area (Å²) in [5.74, 6) is 0. The zero-order valence-corrected chi connectivity index (χ0v) is 5.35. The van der Waals surface area contributed by atoms with E-state index in [1.165, 1.54) is 0 Å². The first-order chi connectivity index (χ1) is 4.42. The van der Waals surface area contributed by atoms with Crippen LogP contribution in [0.25, 0.3) is 0 Å². The van der Waals surface area contributed by atoms with Crippen molar-refractivity contribution in [3.05, 3.63) is 0 Å². The molecule has 0 saturated carbocycles. The molecule has 0 atom stereocenters. The van der Waals surface area contributed by atoms with Crippen LogP contribution in [-0.2, 0) is 19.3 Å². The smallest absolute Gasteiger partial charge is 0.295 e. The number of hydrogen-bond donors (Lipinski definition) is 1. The lowest BCUT2D eigenvalue weighted by Crippen LogP contribution is -2.10. The molecule has 0 aliphatic carbocycles. The van der Waals surface area contributed by atoms with Crippen LogP contribution in [0.2, 0.25) is 0 Å². The molecule has 0 fully saturated rings. The second kappa shape index (κ2) is 3.76. The van der Waals surface area contributed by atoms with E-state index in [-0.39, 0.29) is 0 Å². The van der Waals surface area contributed by atoms with Gasteiger partial charge in [-0.25, -0.2) is 4.18 Å². The Morgan fingerprint density at radius 1 is 1.50 bits per heavy atom. The molecule has 0 spiro atoms. The third kappa shape index (κ3) is 7.69. The van der Waals surface area contributed by atoms with E-state index >= 15 is 0 Å². The van der Waals surface area contributed by atoms with Crippen molar-refractivity contribution in [1.29, 1.82) is 0 Å². The van der Waals surface area contributed by atoms with Crippen molar-refractivity contribution in [2.45, 2.75) is 6.61 Å². The highest BCUT2D eigenvalue weighted by Crippen LogP contribution is 1.95. The SMILES string of the molecule is O=S(=O)(O)OCOC(F)F. The molecule has 0 radical (unpaired) electrons. The average Bonchev–Trinajstić information content (AvgIpc) is 1.59. The zero-order chi connectivity index (χ0) is 8.20. The summed E-state index contributed by atoms with van der Waals surface area (Å²) in [4.78, 5) is 0. The van der Waals surface area contributed by atoms with Gasteiger partial charge in [0.1, 0.15) is 0 Å². The van der Waals surface area contributed by atoms with Gasteiger partial charge in [-0.15, -0.1) is 0 Å². The lowest BCUT2D eigenvalue weighted by Gasteiger charge is -1.99. The van der Waals surface area contributed by atoms with Gasteiger partial charge in [-0.3, -0.25) is 9.29 Å². The molecule has 62 valence electrons. The Labute approximate surface area is 55.5 Å². The first-order valence-corrected chi connectivity index (χ1v) is 3.30. The minimum absolute atomic E-state index is 1.20. The first kappa shape index (κ1) is 9.69. The fourth-order valence-corrected chi connectivity index (χ4v) is 0.317. The lowest BCUT2D eigenvalue weighted by molar-refractivity contribution is -0.167. The molecule has 0 bridgehead atoms. The summed E-state index contributed by atoms with van der Waals surface area (Å²) in [5, 5.41) is 0. The van der Waals surface area contributed by atoms with Gasteiger partial charge in [0.2, 0.25) is 0 Å². The van der Waals surface area contributed by atoms with Gasteiger partial charge in [0.25, 0.3) is 0 Å². The van der Waals surface area contributed by atoms with Crippen LogP contribution in [0.1, 0.15) is 0 Å². The van der Waals surface area contributed by atoms with E-state index in [9.17, 15) is 17.2 Å². The standard InChI is InChI=1S/C2H4F2O5S/c3-2(4)8-1-9-10(5,6)7/h2H,1H2,(H,5,6,7). The maximum Gasteiger partial charge on any atom is 0.399 e. The maximum atomic E-state index is 11.0. The van der Waals surface area contributed by atoms with Crippen LogP contribution in [0.15, 0.2) is 0 Å². The molecule has 0 unspecified atom stereocenters. The Bertz CT molecular complexity index is 174. The highest BCUT2D eigenvalue weighted by atomic mass is 32.3. The Kier molecular flexibility index (Phi) is 3.64. The van der Waals surface area contributed by atoms with E-state index < -0.39 is 23.8 Å². The fraction of sp³-hybridized carbons (Fsp3) is 1.00. The van der Waals surface area contributed by atoms with Crippen LogP contribution in [0.3, 0.4) is 0 Å². The number of alkyl halides is 2. The Morgan fingerprint density at radius 2 is 2.00 bits per heavy atom. The molecule has 5 nitrogen and oxygen atoms in total. The van der Waals surface area contributed by atoms with E-state index in [4.69, 9.17) is 4.55 Å². The van der Waals surface area contributed by atoms with Crippen LogP contribution in [-0.4, -0.2) is 26.4 Å². The molecule has 0 saturated heterocycles. The van der Waals surface area contributed by atoms with Crippen LogP contribution in [0, 0.1) is 0 Å². The summed E-state index contributed by atoms with van der Waals surface area (Å²) >= 11 is 0. The van der Waals surface area contributed by atoms with Crippen molar-refractivity contribution in [3.8, 4) is 0 Å².